The molecule has 5 nitrogen and oxygen atoms in total. The molecule has 0 heterocycles. The van der Waals surface area contributed by atoms with Gasteiger partial charge in [0.1, 0.15) is 5.75 Å². The Morgan fingerprint density at radius 2 is 1.89 bits per heavy atom. The quantitative estimate of drug-likeness (QED) is 0.788. The smallest absolute Gasteiger partial charge is 0.303 e. The van der Waals surface area contributed by atoms with Gasteiger partial charge in [-0.05, 0) is 23.6 Å². The second-order valence-corrected chi connectivity index (χ2v) is 4.53. The lowest BCUT2D eigenvalue weighted by atomic mass is 10.0. The normalized spacial score (nSPS) is 11.7. The zero-order valence-corrected chi connectivity index (χ0v) is 11.2. The molecule has 1 aromatic rings. The molecule has 0 aliphatic carbocycles. The lowest BCUT2D eigenvalue weighted by Gasteiger charge is -2.09. The van der Waals surface area contributed by atoms with Gasteiger partial charge in [-0.2, -0.15) is 0 Å². The molecule has 0 saturated carbocycles. The Bertz CT molecular complexity index is 428. The van der Waals surface area contributed by atoms with Crippen LogP contribution in [0.15, 0.2) is 24.3 Å². The van der Waals surface area contributed by atoms with Crippen molar-refractivity contribution in [3.63, 3.8) is 0 Å². The highest BCUT2D eigenvalue weighted by atomic mass is 16.5. The molecule has 1 amide bonds. The molecule has 0 saturated heterocycles. The second-order valence-electron chi connectivity index (χ2n) is 4.53. The van der Waals surface area contributed by atoms with Crippen LogP contribution in [-0.4, -0.2) is 24.1 Å². The molecule has 1 atom stereocenters. The summed E-state index contributed by atoms with van der Waals surface area (Å²) >= 11 is 0. The molecule has 0 spiro atoms. The summed E-state index contributed by atoms with van der Waals surface area (Å²) in [5.74, 6) is -0.404. The third-order valence-corrected chi connectivity index (χ3v) is 2.71. The van der Waals surface area contributed by atoms with E-state index < -0.39 is 5.97 Å². The highest BCUT2D eigenvalue weighted by molar-refractivity contribution is 5.77. The fourth-order valence-electron chi connectivity index (χ4n) is 1.70. The van der Waals surface area contributed by atoms with Gasteiger partial charge < -0.3 is 15.2 Å². The molecular weight excluding hydrogens is 246 g/mol. The lowest BCUT2D eigenvalue weighted by Crippen LogP contribution is -2.25. The molecule has 5 heteroatoms. The van der Waals surface area contributed by atoms with E-state index in [0.717, 1.165) is 11.3 Å². The largest absolute Gasteiger partial charge is 0.497 e. The lowest BCUT2D eigenvalue weighted by molar-refractivity contribution is -0.138. The van der Waals surface area contributed by atoms with Gasteiger partial charge in [0.05, 0.1) is 7.11 Å². The molecule has 0 aliphatic rings. The summed E-state index contributed by atoms with van der Waals surface area (Å²) in [7, 11) is 1.60. The topological polar surface area (TPSA) is 75.6 Å². The minimum atomic E-state index is -0.879. The first kappa shape index (κ1) is 15.0. The van der Waals surface area contributed by atoms with E-state index in [1.54, 1.807) is 14.0 Å². The first-order valence-corrected chi connectivity index (χ1v) is 6.12. The van der Waals surface area contributed by atoms with E-state index in [2.05, 4.69) is 5.32 Å². The van der Waals surface area contributed by atoms with Crippen molar-refractivity contribution in [2.45, 2.75) is 26.3 Å². The predicted octanol–water partition coefficient (Wildman–Crippen LogP) is 1.81. The van der Waals surface area contributed by atoms with Gasteiger partial charge >= 0.3 is 5.97 Å². The Morgan fingerprint density at radius 3 is 2.42 bits per heavy atom. The summed E-state index contributed by atoms with van der Waals surface area (Å²) in [6, 6.07) is 7.41. The molecule has 0 unspecified atom stereocenters. The van der Waals surface area contributed by atoms with Crippen LogP contribution in [0.4, 0.5) is 0 Å². The number of hydrogen-bond donors (Lipinski definition) is 2. The minimum Gasteiger partial charge on any atom is -0.497 e. The van der Waals surface area contributed by atoms with Crippen LogP contribution in [0.3, 0.4) is 0 Å². The number of carboxylic acids is 1. The number of carbonyl (C=O) groups is 2. The summed E-state index contributed by atoms with van der Waals surface area (Å²) < 4.78 is 5.04. The van der Waals surface area contributed by atoms with E-state index >= 15 is 0 Å². The second kappa shape index (κ2) is 7.41. The van der Waals surface area contributed by atoms with Crippen molar-refractivity contribution in [2.24, 2.45) is 5.92 Å². The van der Waals surface area contributed by atoms with Crippen LogP contribution in [0.1, 0.15) is 25.3 Å². The maximum Gasteiger partial charge on any atom is 0.303 e. The van der Waals surface area contributed by atoms with Crippen molar-refractivity contribution in [3.05, 3.63) is 29.8 Å². The van der Waals surface area contributed by atoms with Crippen molar-refractivity contribution >= 4 is 11.9 Å². The summed E-state index contributed by atoms with van der Waals surface area (Å²) in [5, 5.41) is 11.4. The number of amides is 1. The Balaban J connectivity index is 2.34. The van der Waals surface area contributed by atoms with Crippen LogP contribution >= 0.6 is 0 Å². The summed E-state index contributed by atoms with van der Waals surface area (Å²) in [6.07, 6.45) is 0.235. The molecule has 2 N–H and O–H groups in total. The van der Waals surface area contributed by atoms with E-state index in [-0.39, 0.29) is 24.7 Å². The van der Waals surface area contributed by atoms with Gasteiger partial charge in [-0.15, -0.1) is 0 Å². The monoisotopic (exact) mass is 265 g/mol. The molecule has 0 aromatic heterocycles. The number of benzene rings is 1. The number of carboxylic acid groups (broad SMARTS) is 1. The van der Waals surface area contributed by atoms with Crippen molar-refractivity contribution in [1.29, 1.82) is 0 Å². The number of nitrogens with one attached hydrogen (secondary N) is 1. The maximum absolute atomic E-state index is 11.6. The van der Waals surface area contributed by atoms with E-state index in [9.17, 15) is 9.59 Å². The standard InChI is InChI=1S/C14H19NO4/c1-10(8-14(17)18)7-13(16)15-9-11-3-5-12(19-2)6-4-11/h3-6,10H,7-9H2,1-2H3,(H,15,16)(H,17,18)/t10-/m0/s1. The number of rotatable bonds is 7. The van der Waals surface area contributed by atoms with E-state index in [4.69, 9.17) is 9.84 Å². The van der Waals surface area contributed by atoms with Crippen LogP contribution in [0.2, 0.25) is 0 Å². The van der Waals surface area contributed by atoms with Gasteiger partial charge in [-0.25, -0.2) is 0 Å². The summed E-state index contributed by atoms with van der Waals surface area (Å²) in [5.41, 5.74) is 0.972. The molecule has 1 aromatic carbocycles. The van der Waals surface area contributed by atoms with Gasteiger partial charge in [0.2, 0.25) is 5.91 Å². The van der Waals surface area contributed by atoms with Crippen LogP contribution in [0.5, 0.6) is 5.75 Å². The number of ether oxygens (including phenoxy) is 1. The van der Waals surface area contributed by atoms with Gasteiger partial charge in [0, 0.05) is 19.4 Å². The van der Waals surface area contributed by atoms with Crippen molar-refractivity contribution in [2.75, 3.05) is 7.11 Å². The number of aliphatic carboxylic acids is 1. The van der Waals surface area contributed by atoms with Crippen molar-refractivity contribution in [3.8, 4) is 5.75 Å². The molecule has 19 heavy (non-hydrogen) atoms. The SMILES string of the molecule is COc1ccc(CNC(=O)C[C@H](C)CC(=O)O)cc1. The zero-order valence-electron chi connectivity index (χ0n) is 11.2. The van der Waals surface area contributed by atoms with Crippen LogP contribution < -0.4 is 10.1 Å². The van der Waals surface area contributed by atoms with Gasteiger partial charge in [0.15, 0.2) is 0 Å². The fourth-order valence-corrected chi connectivity index (χ4v) is 1.70. The third kappa shape index (κ3) is 5.90. The van der Waals surface area contributed by atoms with Crippen LogP contribution in [-0.2, 0) is 16.1 Å². The molecule has 1 rings (SSSR count). The van der Waals surface area contributed by atoms with E-state index in [1.807, 2.05) is 24.3 Å². The predicted molar refractivity (Wildman–Crippen MR) is 70.9 cm³/mol. The maximum atomic E-state index is 11.6. The Labute approximate surface area is 112 Å². The molecule has 104 valence electrons. The van der Waals surface area contributed by atoms with Crippen LogP contribution in [0.25, 0.3) is 0 Å². The summed E-state index contributed by atoms with van der Waals surface area (Å²) in [4.78, 5) is 22.1. The number of hydrogen-bond acceptors (Lipinski definition) is 3. The Morgan fingerprint density at radius 1 is 1.26 bits per heavy atom. The van der Waals surface area contributed by atoms with E-state index in [0.29, 0.717) is 6.54 Å². The minimum absolute atomic E-state index is 0.00988. The molecule has 0 radical (unpaired) electrons. The Kier molecular flexibility index (Phi) is 5.85. The number of carbonyl (C=O) groups excluding carboxylic acids is 1. The van der Waals surface area contributed by atoms with E-state index in [1.165, 1.54) is 0 Å². The van der Waals surface area contributed by atoms with Gasteiger partial charge in [-0.3, -0.25) is 9.59 Å². The first-order chi connectivity index (χ1) is 9.01. The highest BCUT2D eigenvalue weighted by Crippen LogP contribution is 2.11. The fraction of sp³-hybridized carbons (Fsp3) is 0.429. The summed E-state index contributed by atoms with van der Waals surface area (Å²) in [6.45, 7) is 2.18. The van der Waals surface area contributed by atoms with Crippen molar-refractivity contribution in [1.82, 2.24) is 5.32 Å². The van der Waals surface area contributed by atoms with Crippen molar-refractivity contribution < 1.29 is 19.4 Å². The first-order valence-electron chi connectivity index (χ1n) is 6.12. The average molecular weight is 265 g/mol. The molecule has 0 bridgehead atoms. The molecular formula is C14H19NO4. The molecule has 0 aliphatic heterocycles. The van der Waals surface area contributed by atoms with Gasteiger partial charge in [0.25, 0.3) is 0 Å². The molecule has 0 fully saturated rings. The third-order valence-electron chi connectivity index (χ3n) is 2.71. The van der Waals surface area contributed by atoms with Crippen LogP contribution in [0, 0.1) is 5.92 Å². The zero-order chi connectivity index (χ0) is 14.3. The highest BCUT2D eigenvalue weighted by Gasteiger charge is 2.12. The Hall–Kier alpha value is -2.04. The van der Waals surface area contributed by atoms with Gasteiger partial charge in [-0.1, -0.05) is 19.1 Å². The average Bonchev–Trinajstić information content (AvgIpc) is 2.36. The number of methoxy groups -OCH3 is 1.